The third-order valence-electron chi connectivity index (χ3n) is 1.68. The third-order valence-corrected chi connectivity index (χ3v) is 1.68. The molecule has 1 rings (SSSR count). The number of rotatable bonds is 3. The van der Waals surface area contributed by atoms with Gasteiger partial charge in [0.25, 0.3) is 0 Å². The smallest absolute Gasteiger partial charge is 0.416 e. The zero-order valence-electron chi connectivity index (χ0n) is 7.84. The lowest BCUT2D eigenvalue weighted by Gasteiger charge is -2.09. The lowest BCUT2D eigenvalue weighted by Crippen LogP contribution is -2.04. The summed E-state index contributed by atoms with van der Waals surface area (Å²) in [5, 5.41) is 2.49. The Morgan fingerprint density at radius 2 is 2.07 bits per heavy atom. The molecule has 82 valence electrons. The highest BCUT2D eigenvalue weighted by Gasteiger charge is 2.31. The first kappa shape index (κ1) is 11.5. The Kier molecular flexibility index (Phi) is 3.28. The molecule has 0 radical (unpaired) electrons. The summed E-state index contributed by atoms with van der Waals surface area (Å²) in [6, 6.07) is 2.60. The topological polar surface area (TPSA) is 38.7 Å². The van der Waals surface area contributed by atoms with Crippen LogP contribution in [0.15, 0.2) is 23.4 Å². The monoisotopic (exact) mass is 219 g/mol. The average molecular weight is 219 g/mol. The maximum Gasteiger partial charge on any atom is 0.416 e. The lowest BCUT2D eigenvalue weighted by atomic mass is 10.2. The van der Waals surface area contributed by atoms with Crippen molar-refractivity contribution in [2.24, 2.45) is 5.18 Å². The largest absolute Gasteiger partial charge is 0.491 e. The van der Waals surface area contributed by atoms with E-state index >= 15 is 0 Å². The van der Waals surface area contributed by atoms with Crippen LogP contribution in [0.2, 0.25) is 0 Å². The van der Waals surface area contributed by atoms with Crippen LogP contribution in [0.4, 0.5) is 18.9 Å². The molecule has 1 aromatic rings. The van der Waals surface area contributed by atoms with Gasteiger partial charge in [0, 0.05) is 0 Å². The Morgan fingerprint density at radius 3 is 2.53 bits per heavy atom. The van der Waals surface area contributed by atoms with E-state index in [0.29, 0.717) is 6.07 Å². The van der Waals surface area contributed by atoms with E-state index in [9.17, 15) is 18.1 Å². The number of nitrogens with zero attached hydrogens (tertiary/aromatic N) is 1. The van der Waals surface area contributed by atoms with E-state index in [-0.39, 0.29) is 18.0 Å². The predicted octanol–water partition coefficient (Wildman–Crippen LogP) is 3.50. The van der Waals surface area contributed by atoms with Gasteiger partial charge in [-0.25, -0.2) is 0 Å². The second kappa shape index (κ2) is 4.29. The molecule has 0 fully saturated rings. The molecule has 0 atom stereocenters. The molecule has 0 saturated carbocycles. The number of nitroso groups, excluding NO2 is 1. The Labute approximate surface area is 83.8 Å². The minimum absolute atomic E-state index is 0.0560. The van der Waals surface area contributed by atoms with Crippen molar-refractivity contribution < 1.29 is 17.9 Å². The minimum Gasteiger partial charge on any atom is -0.491 e. The molecule has 0 heterocycles. The number of halogens is 3. The number of benzene rings is 1. The molecule has 15 heavy (non-hydrogen) atoms. The number of ether oxygens (including phenoxy) is 1. The molecule has 1 aromatic carbocycles. The quantitative estimate of drug-likeness (QED) is 0.729. The van der Waals surface area contributed by atoms with Gasteiger partial charge in [-0.05, 0) is 30.3 Å². The Balaban J connectivity index is 3.13. The highest BCUT2D eigenvalue weighted by Crippen LogP contribution is 2.36. The van der Waals surface area contributed by atoms with Crippen molar-refractivity contribution >= 4 is 5.69 Å². The molecule has 0 N–H and O–H groups in total. The Bertz CT molecular complexity index is 363. The highest BCUT2D eigenvalue weighted by molar-refractivity contribution is 5.53. The number of hydrogen-bond acceptors (Lipinski definition) is 3. The first-order chi connectivity index (χ1) is 6.99. The summed E-state index contributed by atoms with van der Waals surface area (Å²) >= 11 is 0. The van der Waals surface area contributed by atoms with Gasteiger partial charge in [-0.3, -0.25) is 0 Å². The summed E-state index contributed by atoms with van der Waals surface area (Å²) < 4.78 is 41.6. The van der Waals surface area contributed by atoms with Crippen LogP contribution in [-0.2, 0) is 6.18 Å². The second-order valence-corrected chi connectivity index (χ2v) is 2.70. The number of alkyl halides is 3. The van der Waals surface area contributed by atoms with E-state index in [4.69, 9.17) is 4.74 Å². The van der Waals surface area contributed by atoms with Crippen molar-refractivity contribution in [1.82, 2.24) is 0 Å². The maximum absolute atomic E-state index is 12.2. The lowest BCUT2D eigenvalue weighted by molar-refractivity contribution is -0.137. The van der Waals surface area contributed by atoms with Crippen LogP contribution in [0.5, 0.6) is 5.75 Å². The minimum atomic E-state index is -4.48. The summed E-state index contributed by atoms with van der Waals surface area (Å²) in [5.74, 6) is 0.0560. The van der Waals surface area contributed by atoms with E-state index in [0.717, 1.165) is 12.1 Å². The standard InChI is InChI=1S/C9H8F3NO2/c1-2-15-8-4-3-6(9(10,11)12)5-7(8)13-14/h3-5H,2H2,1H3. The van der Waals surface area contributed by atoms with Crippen LogP contribution in [0, 0.1) is 4.91 Å². The van der Waals surface area contributed by atoms with E-state index in [2.05, 4.69) is 5.18 Å². The van der Waals surface area contributed by atoms with Gasteiger partial charge >= 0.3 is 6.18 Å². The first-order valence-corrected chi connectivity index (χ1v) is 4.16. The Hall–Kier alpha value is -1.59. The molecule has 0 aliphatic heterocycles. The van der Waals surface area contributed by atoms with Crippen LogP contribution in [0.3, 0.4) is 0 Å². The Morgan fingerprint density at radius 1 is 1.40 bits per heavy atom. The summed E-state index contributed by atoms with van der Waals surface area (Å²) in [4.78, 5) is 10.3. The average Bonchev–Trinajstić information content (AvgIpc) is 2.17. The van der Waals surface area contributed by atoms with Crippen molar-refractivity contribution in [2.75, 3.05) is 6.61 Å². The molecule has 6 heteroatoms. The van der Waals surface area contributed by atoms with Gasteiger partial charge in [-0.2, -0.15) is 13.2 Å². The highest BCUT2D eigenvalue weighted by atomic mass is 19.4. The SMILES string of the molecule is CCOc1ccc(C(F)(F)F)cc1N=O. The van der Waals surface area contributed by atoms with Gasteiger partial charge in [-0.15, -0.1) is 4.91 Å². The normalized spacial score (nSPS) is 11.2. The molecule has 0 aliphatic carbocycles. The fourth-order valence-electron chi connectivity index (χ4n) is 1.04. The molecular formula is C9H8F3NO2. The van der Waals surface area contributed by atoms with Gasteiger partial charge in [0.2, 0.25) is 0 Å². The van der Waals surface area contributed by atoms with E-state index < -0.39 is 11.7 Å². The predicted molar refractivity (Wildman–Crippen MR) is 48.1 cm³/mol. The van der Waals surface area contributed by atoms with E-state index in [1.54, 1.807) is 6.92 Å². The summed E-state index contributed by atoms with van der Waals surface area (Å²) in [6.45, 7) is 1.92. The zero-order chi connectivity index (χ0) is 11.5. The fraction of sp³-hybridized carbons (Fsp3) is 0.333. The van der Waals surface area contributed by atoms with Crippen molar-refractivity contribution in [2.45, 2.75) is 13.1 Å². The third kappa shape index (κ3) is 2.68. The molecule has 0 amide bonds. The van der Waals surface area contributed by atoms with Gasteiger partial charge in [0.05, 0.1) is 12.2 Å². The van der Waals surface area contributed by atoms with Gasteiger partial charge < -0.3 is 4.74 Å². The van der Waals surface area contributed by atoms with Gasteiger partial charge in [0.1, 0.15) is 11.4 Å². The van der Waals surface area contributed by atoms with E-state index in [1.165, 1.54) is 0 Å². The zero-order valence-corrected chi connectivity index (χ0v) is 7.84. The van der Waals surface area contributed by atoms with Crippen LogP contribution < -0.4 is 4.74 Å². The summed E-state index contributed by atoms with van der Waals surface area (Å²) in [6.07, 6.45) is -4.48. The molecule has 3 nitrogen and oxygen atoms in total. The second-order valence-electron chi connectivity index (χ2n) is 2.70. The molecular weight excluding hydrogens is 211 g/mol. The van der Waals surface area contributed by atoms with Crippen LogP contribution in [0.25, 0.3) is 0 Å². The first-order valence-electron chi connectivity index (χ1n) is 4.16. The fourth-order valence-corrected chi connectivity index (χ4v) is 1.04. The molecule has 0 aromatic heterocycles. The van der Waals surface area contributed by atoms with Crippen molar-refractivity contribution in [1.29, 1.82) is 0 Å². The van der Waals surface area contributed by atoms with Crippen molar-refractivity contribution in [3.63, 3.8) is 0 Å². The molecule has 0 spiro atoms. The molecule has 0 aliphatic rings. The van der Waals surface area contributed by atoms with Crippen LogP contribution >= 0.6 is 0 Å². The van der Waals surface area contributed by atoms with E-state index in [1.807, 2.05) is 0 Å². The molecule has 0 unspecified atom stereocenters. The van der Waals surface area contributed by atoms with Crippen LogP contribution in [0.1, 0.15) is 12.5 Å². The molecule has 0 bridgehead atoms. The maximum atomic E-state index is 12.2. The van der Waals surface area contributed by atoms with Crippen molar-refractivity contribution in [3.8, 4) is 5.75 Å². The van der Waals surface area contributed by atoms with Gasteiger partial charge in [-0.1, -0.05) is 0 Å². The molecule has 0 saturated heterocycles. The number of hydrogen-bond donors (Lipinski definition) is 0. The van der Waals surface area contributed by atoms with Crippen molar-refractivity contribution in [3.05, 3.63) is 28.7 Å². The summed E-state index contributed by atoms with van der Waals surface area (Å²) in [7, 11) is 0. The van der Waals surface area contributed by atoms with Gasteiger partial charge in [0.15, 0.2) is 0 Å². The van der Waals surface area contributed by atoms with Crippen LogP contribution in [-0.4, -0.2) is 6.61 Å². The summed E-state index contributed by atoms with van der Waals surface area (Å²) in [5.41, 5.74) is -1.26.